The molecule has 0 saturated carbocycles. The van der Waals surface area contributed by atoms with Crippen LogP contribution in [0.15, 0.2) is 176 Å². The van der Waals surface area contributed by atoms with Crippen molar-refractivity contribution in [3.05, 3.63) is 198 Å². The van der Waals surface area contributed by atoms with Crippen molar-refractivity contribution < 1.29 is 0 Å². The summed E-state index contributed by atoms with van der Waals surface area (Å²) < 4.78 is 2.43. The summed E-state index contributed by atoms with van der Waals surface area (Å²) in [6.07, 6.45) is 0. The average Bonchev–Trinajstić information content (AvgIpc) is 3.68. The van der Waals surface area contributed by atoms with Gasteiger partial charge in [0.2, 0.25) is 0 Å². The van der Waals surface area contributed by atoms with Crippen molar-refractivity contribution in [3.8, 4) is 61.6 Å². The lowest BCUT2D eigenvalue weighted by Gasteiger charge is -2.22. The maximum atomic E-state index is 8.08. The van der Waals surface area contributed by atoms with Gasteiger partial charge in [0.25, 0.3) is 0 Å². The number of rotatable bonds is 5. The van der Waals surface area contributed by atoms with E-state index in [1.54, 1.807) is 0 Å². The van der Waals surface area contributed by atoms with E-state index in [-0.39, 0.29) is 5.41 Å². The third-order valence-corrected chi connectivity index (χ3v) is 11.2. The van der Waals surface area contributed by atoms with Crippen LogP contribution in [0.5, 0.6) is 0 Å². The van der Waals surface area contributed by atoms with E-state index in [4.69, 9.17) is 11.6 Å². The van der Waals surface area contributed by atoms with Crippen molar-refractivity contribution in [3.63, 3.8) is 0 Å². The van der Waals surface area contributed by atoms with Gasteiger partial charge >= 0.3 is 0 Å². The molecule has 0 spiro atoms. The number of pyridine rings is 1. The Morgan fingerprint density at radius 2 is 1.06 bits per heavy atom. The van der Waals surface area contributed by atoms with Crippen LogP contribution in [0.1, 0.15) is 25.0 Å². The Kier molecular flexibility index (Phi) is 7.22. The Hall–Kier alpha value is -7.02. The van der Waals surface area contributed by atoms with E-state index < -0.39 is 0 Å². The lowest BCUT2D eigenvalue weighted by atomic mass is 9.82. The lowest BCUT2D eigenvalue weighted by Crippen LogP contribution is -2.15. The highest BCUT2D eigenvalue weighted by Crippen LogP contribution is 2.51. The minimum atomic E-state index is -0.137. The summed E-state index contributed by atoms with van der Waals surface area (Å²) in [6.45, 7) is 12.8. The molecule has 0 N–H and O–H groups in total. The SMILES string of the molecule is [C-]#[N+]c1ccccc1-c1cc(-c2cc(-c3ccccc3)nc(-c3ccccc3)c2)cc(-n2c3ccccc3c3cc4c(cc32)C(C)(C)c2ccccc2-4)c1. The quantitative estimate of drug-likeness (QED) is 0.165. The first-order valence-corrected chi connectivity index (χ1v) is 18.4. The Morgan fingerprint density at radius 1 is 0.463 bits per heavy atom. The monoisotopic (exact) mass is 689 g/mol. The molecule has 0 fully saturated rings. The normalized spacial score (nSPS) is 12.8. The molecule has 3 nitrogen and oxygen atoms in total. The van der Waals surface area contributed by atoms with Crippen LogP contribution in [-0.4, -0.2) is 9.55 Å². The molecule has 1 aliphatic rings. The molecule has 0 atom stereocenters. The number of hydrogen-bond donors (Lipinski definition) is 0. The third-order valence-electron chi connectivity index (χ3n) is 11.2. The number of fused-ring (bicyclic) bond motifs is 6. The zero-order valence-corrected chi connectivity index (χ0v) is 30.1. The standard InChI is InChI=1S/C51H35N3/c1-51(2)44-23-13-10-21-40(44)42-31-43-41-22-12-15-25-49(41)54(50(43)32-45(42)51)38-27-35(26-37(28-38)39-20-11-14-24-46(39)52-3)36-29-47(33-16-6-4-7-17-33)53-48(30-36)34-18-8-5-9-19-34/h4-32H,1-2H3. The Balaban J connectivity index is 1.28. The predicted molar refractivity (Wildman–Crippen MR) is 224 cm³/mol. The summed E-state index contributed by atoms with van der Waals surface area (Å²) in [4.78, 5) is 9.14. The van der Waals surface area contributed by atoms with Gasteiger partial charge in [0.05, 0.1) is 29.0 Å². The first kappa shape index (κ1) is 31.7. The minimum absolute atomic E-state index is 0.137. The number of nitrogens with zero attached hydrogens (tertiary/aromatic N) is 3. The second kappa shape index (κ2) is 12.3. The van der Waals surface area contributed by atoms with Gasteiger partial charge in [-0.25, -0.2) is 9.83 Å². The summed E-state index contributed by atoms with van der Waals surface area (Å²) in [5.41, 5.74) is 17.1. The average molecular weight is 690 g/mol. The number of aromatic nitrogens is 2. The van der Waals surface area contributed by atoms with E-state index in [9.17, 15) is 0 Å². The lowest BCUT2D eigenvalue weighted by molar-refractivity contribution is 0.661. The van der Waals surface area contributed by atoms with E-state index in [0.717, 1.165) is 56.0 Å². The fourth-order valence-corrected chi connectivity index (χ4v) is 8.53. The highest BCUT2D eigenvalue weighted by atomic mass is 15.0. The Labute approximate surface area is 315 Å². The molecule has 0 bridgehead atoms. The molecule has 2 heterocycles. The number of para-hydroxylation sites is 2. The van der Waals surface area contributed by atoms with Crippen LogP contribution in [0, 0.1) is 6.57 Å². The second-order valence-corrected chi connectivity index (χ2v) is 14.7. The van der Waals surface area contributed by atoms with E-state index in [0.29, 0.717) is 5.69 Å². The van der Waals surface area contributed by atoms with Crippen molar-refractivity contribution in [1.29, 1.82) is 0 Å². The summed E-state index contributed by atoms with van der Waals surface area (Å²) in [7, 11) is 0. The van der Waals surface area contributed by atoms with Gasteiger partial charge in [-0.15, -0.1) is 0 Å². The van der Waals surface area contributed by atoms with Crippen LogP contribution in [0.4, 0.5) is 5.69 Å². The van der Waals surface area contributed by atoms with Gasteiger partial charge in [-0.1, -0.05) is 141 Å². The van der Waals surface area contributed by atoms with Gasteiger partial charge in [0.15, 0.2) is 5.69 Å². The molecule has 0 aliphatic heterocycles. The molecular weight excluding hydrogens is 655 g/mol. The largest absolute Gasteiger partial charge is 0.309 e. The molecule has 3 heteroatoms. The molecule has 9 aromatic rings. The number of hydrogen-bond acceptors (Lipinski definition) is 1. The van der Waals surface area contributed by atoms with Gasteiger partial charge in [-0.2, -0.15) is 0 Å². The molecule has 0 unspecified atom stereocenters. The molecule has 254 valence electrons. The smallest absolute Gasteiger partial charge is 0.194 e. The second-order valence-electron chi connectivity index (χ2n) is 14.7. The molecule has 7 aromatic carbocycles. The van der Waals surface area contributed by atoms with Crippen LogP contribution in [0.3, 0.4) is 0 Å². The van der Waals surface area contributed by atoms with Crippen LogP contribution < -0.4 is 0 Å². The van der Waals surface area contributed by atoms with Crippen molar-refractivity contribution in [2.24, 2.45) is 0 Å². The molecule has 2 aromatic heterocycles. The topological polar surface area (TPSA) is 22.2 Å². The summed E-state index contributed by atoms with van der Waals surface area (Å²) in [6, 6.07) is 62.3. The predicted octanol–water partition coefficient (Wildman–Crippen LogP) is 13.7. The maximum absolute atomic E-state index is 8.08. The van der Waals surface area contributed by atoms with Crippen molar-refractivity contribution in [2.45, 2.75) is 19.3 Å². The molecule has 0 saturated heterocycles. The zero-order valence-electron chi connectivity index (χ0n) is 30.1. The van der Waals surface area contributed by atoms with Crippen molar-refractivity contribution in [2.75, 3.05) is 0 Å². The first-order valence-electron chi connectivity index (χ1n) is 18.4. The van der Waals surface area contributed by atoms with Crippen LogP contribution in [0.25, 0.3) is 88.2 Å². The van der Waals surface area contributed by atoms with E-state index >= 15 is 0 Å². The number of benzene rings is 7. The van der Waals surface area contributed by atoms with E-state index in [2.05, 4.69) is 169 Å². The fraction of sp³-hybridized carbons (Fsp3) is 0.0588. The molecule has 10 rings (SSSR count). The minimum Gasteiger partial charge on any atom is -0.309 e. The van der Waals surface area contributed by atoms with Gasteiger partial charge in [0, 0.05) is 33.0 Å². The van der Waals surface area contributed by atoms with Crippen molar-refractivity contribution in [1.82, 2.24) is 9.55 Å². The Bertz CT molecular complexity index is 2900. The van der Waals surface area contributed by atoms with Crippen LogP contribution >= 0.6 is 0 Å². The summed E-state index contributed by atoms with van der Waals surface area (Å²) in [5, 5.41) is 2.44. The maximum Gasteiger partial charge on any atom is 0.194 e. The summed E-state index contributed by atoms with van der Waals surface area (Å²) in [5.74, 6) is 0. The van der Waals surface area contributed by atoms with E-state index in [1.165, 1.54) is 38.5 Å². The van der Waals surface area contributed by atoms with Gasteiger partial charge in [-0.05, 0) is 93.0 Å². The molecule has 54 heavy (non-hydrogen) atoms. The molecule has 0 radical (unpaired) electrons. The molecular formula is C51H35N3. The highest BCUT2D eigenvalue weighted by molar-refractivity contribution is 6.12. The van der Waals surface area contributed by atoms with Gasteiger partial charge in [-0.3, -0.25) is 0 Å². The Morgan fingerprint density at radius 3 is 1.78 bits per heavy atom. The molecule has 1 aliphatic carbocycles. The van der Waals surface area contributed by atoms with Crippen LogP contribution in [0.2, 0.25) is 0 Å². The first-order chi connectivity index (χ1) is 26.5. The highest BCUT2D eigenvalue weighted by Gasteiger charge is 2.36. The fourth-order valence-electron chi connectivity index (χ4n) is 8.53. The van der Waals surface area contributed by atoms with E-state index in [1.807, 2.05) is 30.3 Å². The van der Waals surface area contributed by atoms with Gasteiger partial charge in [0.1, 0.15) is 0 Å². The zero-order chi connectivity index (χ0) is 36.4. The third kappa shape index (κ3) is 4.99. The molecule has 0 amide bonds. The van der Waals surface area contributed by atoms with Crippen molar-refractivity contribution >= 4 is 27.5 Å². The summed E-state index contributed by atoms with van der Waals surface area (Å²) >= 11 is 0. The van der Waals surface area contributed by atoms with Crippen LogP contribution in [-0.2, 0) is 5.41 Å². The van der Waals surface area contributed by atoms with Gasteiger partial charge < -0.3 is 4.57 Å².